The monoisotopic (exact) mass is 255 g/mol. The van der Waals surface area contributed by atoms with Gasteiger partial charge in [0, 0.05) is 25.1 Å². The fourth-order valence-electron chi connectivity index (χ4n) is 2.06. The largest absolute Gasteiger partial charge is 0.375 e. The first-order valence-corrected chi connectivity index (χ1v) is 5.78. The van der Waals surface area contributed by atoms with E-state index in [0.717, 1.165) is 18.9 Å². The number of methoxy groups -OCH3 is 1. The van der Waals surface area contributed by atoms with Crippen molar-refractivity contribution in [1.29, 1.82) is 0 Å². The lowest BCUT2D eigenvalue weighted by Gasteiger charge is -2.17. The average Bonchev–Trinajstić information content (AvgIpc) is 3.08. The normalized spacial score (nSPS) is 16.4. The third-order valence-corrected chi connectivity index (χ3v) is 3.26. The smallest absolute Gasteiger partial charge is 0.246 e. The standard InChI is InChI=1S/C13H15F2NO2/c1-18-7-12(17)16-8-13(4-5-13)10-3-2-9(14)6-11(10)15/h2-3,6H,4-5,7-8H2,1H3,(H,16,17). The molecule has 0 spiro atoms. The third kappa shape index (κ3) is 2.67. The summed E-state index contributed by atoms with van der Waals surface area (Å²) >= 11 is 0. The Balaban J connectivity index is 2.05. The zero-order valence-electron chi connectivity index (χ0n) is 10.1. The number of hydrogen-bond acceptors (Lipinski definition) is 2. The van der Waals surface area contributed by atoms with Crippen molar-refractivity contribution in [3.8, 4) is 0 Å². The van der Waals surface area contributed by atoms with Crippen molar-refractivity contribution >= 4 is 5.91 Å². The molecule has 0 unspecified atom stereocenters. The van der Waals surface area contributed by atoms with Crippen LogP contribution in [0, 0.1) is 11.6 Å². The minimum absolute atomic E-state index is 0.0119. The number of carbonyl (C=O) groups excluding carboxylic acids is 1. The molecule has 0 saturated heterocycles. The van der Waals surface area contributed by atoms with E-state index in [0.29, 0.717) is 12.1 Å². The van der Waals surface area contributed by atoms with E-state index in [4.69, 9.17) is 4.74 Å². The summed E-state index contributed by atoms with van der Waals surface area (Å²) in [5, 5.41) is 2.70. The first kappa shape index (κ1) is 13.0. The second kappa shape index (κ2) is 5.02. The van der Waals surface area contributed by atoms with Crippen LogP contribution in [0.15, 0.2) is 18.2 Å². The number of hydrogen-bond donors (Lipinski definition) is 1. The van der Waals surface area contributed by atoms with E-state index < -0.39 is 11.6 Å². The van der Waals surface area contributed by atoms with Crippen molar-refractivity contribution in [2.45, 2.75) is 18.3 Å². The zero-order chi connectivity index (χ0) is 13.2. The van der Waals surface area contributed by atoms with E-state index in [1.807, 2.05) is 0 Å². The molecule has 0 bridgehead atoms. The molecule has 0 heterocycles. The fourth-order valence-corrected chi connectivity index (χ4v) is 2.06. The van der Waals surface area contributed by atoms with Crippen LogP contribution in [0.3, 0.4) is 0 Å². The van der Waals surface area contributed by atoms with Gasteiger partial charge in [-0.1, -0.05) is 6.07 Å². The molecular formula is C13H15F2NO2. The molecule has 2 rings (SSSR count). The summed E-state index contributed by atoms with van der Waals surface area (Å²) in [4.78, 5) is 11.3. The highest BCUT2D eigenvalue weighted by molar-refractivity contribution is 5.77. The first-order chi connectivity index (χ1) is 8.57. The predicted octanol–water partition coefficient (Wildman–Crippen LogP) is 1.76. The second-order valence-electron chi connectivity index (χ2n) is 4.61. The van der Waals surface area contributed by atoms with E-state index in [9.17, 15) is 13.6 Å². The highest BCUT2D eigenvalue weighted by atomic mass is 19.1. The summed E-state index contributed by atoms with van der Waals surface area (Å²) in [6.45, 7) is 0.347. The molecule has 18 heavy (non-hydrogen) atoms. The van der Waals surface area contributed by atoms with Gasteiger partial charge in [0.05, 0.1) is 0 Å². The SMILES string of the molecule is COCC(=O)NCC1(c2ccc(F)cc2F)CC1. The molecule has 5 heteroatoms. The van der Waals surface area contributed by atoms with Crippen LogP contribution >= 0.6 is 0 Å². The van der Waals surface area contributed by atoms with E-state index >= 15 is 0 Å². The number of nitrogens with one attached hydrogen (secondary N) is 1. The number of amides is 1. The van der Waals surface area contributed by atoms with Crippen molar-refractivity contribution in [3.63, 3.8) is 0 Å². The van der Waals surface area contributed by atoms with Crippen LogP contribution in [0.1, 0.15) is 18.4 Å². The minimum Gasteiger partial charge on any atom is -0.375 e. The summed E-state index contributed by atoms with van der Waals surface area (Å²) in [5.74, 6) is -1.37. The average molecular weight is 255 g/mol. The van der Waals surface area contributed by atoms with Gasteiger partial charge in [0.2, 0.25) is 5.91 Å². The van der Waals surface area contributed by atoms with Crippen LogP contribution in [0.4, 0.5) is 8.78 Å². The third-order valence-electron chi connectivity index (χ3n) is 3.26. The van der Waals surface area contributed by atoms with E-state index in [2.05, 4.69) is 5.32 Å². The maximum Gasteiger partial charge on any atom is 0.246 e. The Morgan fingerprint density at radius 2 is 2.17 bits per heavy atom. The molecule has 1 aliphatic carbocycles. The zero-order valence-corrected chi connectivity index (χ0v) is 10.1. The molecule has 1 saturated carbocycles. The van der Waals surface area contributed by atoms with Gasteiger partial charge in [-0.25, -0.2) is 8.78 Å². The van der Waals surface area contributed by atoms with Crippen LogP contribution in [-0.2, 0) is 14.9 Å². The van der Waals surface area contributed by atoms with Gasteiger partial charge in [0.15, 0.2) is 0 Å². The highest BCUT2D eigenvalue weighted by Crippen LogP contribution is 2.48. The molecule has 3 nitrogen and oxygen atoms in total. The second-order valence-corrected chi connectivity index (χ2v) is 4.61. The van der Waals surface area contributed by atoms with Crippen molar-refractivity contribution in [1.82, 2.24) is 5.32 Å². The molecule has 1 N–H and O–H groups in total. The van der Waals surface area contributed by atoms with Crippen LogP contribution in [0.25, 0.3) is 0 Å². The molecule has 0 atom stereocenters. The molecule has 0 aromatic heterocycles. The first-order valence-electron chi connectivity index (χ1n) is 5.78. The quantitative estimate of drug-likeness (QED) is 0.870. The summed E-state index contributed by atoms with van der Waals surface area (Å²) in [7, 11) is 1.44. The fraction of sp³-hybridized carbons (Fsp3) is 0.462. The highest BCUT2D eigenvalue weighted by Gasteiger charge is 2.46. The summed E-state index contributed by atoms with van der Waals surface area (Å²) < 4.78 is 31.2. The molecule has 1 aromatic rings. The predicted molar refractivity (Wildman–Crippen MR) is 62.2 cm³/mol. The molecule has 1 amide bonds. The van der Waals surface area contributed by atoms with Crippen LogP contribution in [0.2, 0.25) is 0 Å². The van der Waals surface area contributed by atoms with Crippen molar-refractivity contribution in [3.05, 3.63) is 35.4 Å². The number of benzene rings is 1. The summed E-state index contributed by atoms with van der Waals surface area (Å²) in [5.41, 5.74) is 0.0999. The Labute approximate surface area is 104 Å². The van der Waals surface area contributed by atoms with Crippen molar-refractivity contribution < 1.29 is 18.3 Å². The Bertz CT molecular complexity index is 458. The Morgan fingerprint density at radius 1 is 1.44 bits per heavy atom. The number of ether oxygens (including phenoxy) is 1. The number of rotatable bonds is 5. The Kier molecular flexibility index (Phi) is 3.61. The topological polar surface area (TPSA) is 38.3 Å². The Hall–Kier alpha value is -1.49. The molecule has 1 fully saturated rings. The van der Waals surface area contributed by atoms with Crippen molar-refractivity contribution in [2.75, 3.05) is 20.3 Å². The van der Waals surface area contributed by atoms with Gasteiger partial charge >= 0.3 is 0 Å². The lowest BCUT2D eigenvalue weighted by Crippen LogP contribution is -2.34. The van der Waals surface area contributed by atoms with Crippen LogP contribution < -0.4 is 5.32 Å². The van der Waals surface area contributed by atoms with E-state index in [1.165, 1.54) is 19.2 Å². The summed E-state index contributed by atoms with van der Waals surface area (Å²) in [6.07, 6.45) is 1.59. The van der Waals surface area contributed by atoms with Crippen LogP contribution in [0.5, 0.6) is 0 Å². The maximum absolute atomic E-state index is 13.7. The van der Waals surface area contributed by atoms with E-state index in [-0.39, 0.29) is 17.9 Å². The molecule has 0 aliphatic heterocycles. The van der Waals surface area contributed by atoms with Gasteiger partial charge in [-0.15, -0.1) is 0 Å². The lowest BCUT2D eigenvalue weighted by molar-refractivity contribution is -0.124. The molecular weight excluding hydrogens is 240 g/mol. The van der Waals surface area contributed by atoms with Gasteiger partial charge in [-0.2, -0.15) is 0 Å². The van der Waals surface area contributed by atoms with Crippen molar-refractivity contribution in [2.24, 2.45) is 0 Å². The van der Waals surface area contributed by atoms with Crippen LogP contribution in [-0.4, -0.2) is 26.2 Å². The molecule has 1 aliphatic rings. The van der Waals surface area contributed by atoms with E-state index in [1.54, 1.807) is 0 Å². The number of halogens is 2. The maximum atomic E-state index is 13.7. The molecule has 98 valence electrons. The van der Waals surface area contributed by atoms with Gasteiger partial charge in [0.1, 0.15) is 18.2 Å². The summed E-state index contributed by atoms with van der Waals surface area (Å²) in [6, 6.07) is 3.59. The molecule has 0 radical (unpaired) electrons. The minimum atomic E-state index is -0.588. The number of carbonyl (C=O) groups is 1. The van der Waals surface area contributed by atoms with Gasteiger partial charge in [0.25, 0.3) is 0 Å². The van der Waals surface area contributed by atoms with Gasteiger partial charge in [-0.3, -0.25) is 4.79 Å². The molecule has 1 aromatic carbocycles. The lowest BCUT2D eigenvalue weighted by atomic mass is 9.95. The Morgan fingerprint density at radius 3 is 2.72 bits per heavy atom. The van der Waals surface area contributed by atoms with Gasteiger partial charge < -0.3 is 10.1 Å². The van der Waals surface area contributed by atoms with Gasteiger partial charge in [-0.05, 0) is 24.5 Å².